The Morgan fingerprint density at radius 2 is 2.31 bits per heavy atom. The Labute approximate surface area is 93.9 Å². The molecule has 0 aliphatic heterocycles. The van der Waals surface area contributed by atoms with E-state index in [0.29, 0.717) is 5.56 Å². The van der Waals surface area contributed by atoms with Gasteiger partial charge in [0.25, 0.3) is 5.69 Å². The van der Waals surface area contributed by atoms with Gasteiger partial charge in [-0.05, 0) is 19.4 Å². The van der Waals surface area contributed by atoms with E-state index in [1.807, 2.05) is 19.1 Å². The lowest BCUT2D eigenvalue weighted by Crippen LogP contribution is -2.18. The molecule has 0 aromatic heterocycles. The molecule has 0 heterocycles. The van der Waals surface area contributed by atoms with Crippen molar-refractivity contribution in [3.05, 3.63) is 39.4 Å². The van der Waals surface area contributed by atoms with Crippen molar-refractivity contribution in [1.29, 1.82) is 5.26 Å². The van der Waals surface area contributed by atoms with Crippen LogP contribution < -0.4 is 5.32 Å². The molecule has 0 aliphatic rings. The summed E-state index contributed by atoms with van der Waals surface area (Å²) < 4.78 is 0. The predicted octanol–water partition coefficient (Wildman–Crippen LogP) is 2.08. The SMILES string of the molecule is Cc1ccc([C@@H](C)NCC#N)cc1[N+](=O)[O-]. The normalized spacial score (nSPS) is 11.8. The second-order valence-electron chi connectivity index (χ2n) is 3.56. The van der Waals surface area contributed by atoms with E-state index >= 15 is 0 Å². The van der Waals surface area contributed by atoms with Crippen LogP contribution in [0.5, 0.6) is 0 Å². The van der Waals surface area contributed by atoms with Gasteiger partial charge in [-0.3, -0.25) is 15.4 Å². The molecule has 1 aromatic carbocycles. The summed E-state index contributed by atoms with van der Waals surface area (Å²) >= 11 is 0. The molecular formula is C11H13N3O2. The summed E-state index contributed by atoms with van der Waals surface area (Å²) in [6.07, 6.45) is 0. The molecule has 1 rings (SSSR count). The van der Waals surface area contributed by atoms with Crippen molar-refractivity contribution in [2.24, 2.45) is 0 Å². The van der Waals surface area contributed by atoms with Crippen LogP contribution in [0.3, 0.4) is 0 Å². The first kappa shape index (κ1) is 12.1. The van der Waals surface area contributed by atoms with E-state index in [1.54, 1.807) is 19.1 Å². The minimum Gasteiger partial charge on any atom is -0.298 e. The fourth-order valence-electron chi connectivity index (χ4n) is 1.41. The molecule has 0 saturated carbocycles. The number of benzene rings is 1. The summed E-state index contributed by atoms with van der Waals surface area (Å²) in [4.78, 5) is 10.4. The van der Waals surface area contributed by atoms with Gasteiger partial charge in [0.1, 0.15) is 0 Å². The molecule has 0 aliphatic carbocycles. The Hall–Kier alpha value is -1.93. The van der Waals surface area contributed by atoms with Gasteiger partial charge in [0.05, 0.1) is 17.5 Å². The molecule has 0 fully saturated rings. The fraction of sp³-hybridized carbons (Fsp3) is 0.364. The predicted molar refractivity (Wildman–Crippen MR) is 59.9 cm³/mol. The Balaban J connectivity index is 2.94. The standard InChI is InChI=1S/C11H13N3O2/c1-8-3-4-10(7-11(8)14(15)16)9(2)13-6-5-12/h3-4,7,9,13H,6H2,1-2H3/t9-/m1/s1. The number of nitrogens with one attached hydrogen (secondary N) is 1. The number of nitriles is 1. The Bertz CT molecular complexity index is 437. The van der Waals surface area contributed by atoms with Gasteiger partial charge >= 0.3 is 0 Å². The monoisotopic (exact) mass is 219 g/mol. The lowest BCUT2D eigenvalue weighted by molar-refractivity contribution is -0.385. The molecule has 1 aromatic rings. The van der Waals surface area contributed by atoms with Crippen LogP contribution in [-0.4, -0.2) is 11.5 Å². The summed E-state index contributed by atoms with van der Waals surface area (Å²) in [6, 6.07) is 7.00. The highest BCUT2D eigenvalue weighted by molar-refractivity contribution is 5.43. The van der Waals surface area contributed by atoms with Crippen molar-refractivity contribution >= 4 is 5.69 Å². The molecule has 0 bridgehead atoms. The third-order valence-electron chi connectivity index (χ3n) is 2.42. The highest BCUT2D eigenvalue weighted by Crippen LogP contribution is 2.22. The Kier molecular flexibility index (Phi) is 3.97. The number of nitro benzene ring substituents is 1. The van der Waals surface area contributed by atoms with E-state index in [4.69, 9.17) is 5.26 Å². The summed E-state index contributed by atoms with van der Waals surface area (Å²) in [5.41, 5.74) is 1.57. The zero-order valence-electron chi connectivity index (χ0n) is 9.23. The van der Waals surface area contributed by atoms with Crippen LogP contribution >= 0.6 is 0 Å². The maximum atomic E-state index is 10.7. The maximum Gasteiger partial charge on any atom is 0.272 e. The molecule has 5 heteroatoms. The highest BCUT2D eigenvalue weighted by atomic mass is 16.6. The molecule has 0 unspecified atom stereocenters. The van der Waals surface area contributed by atoms with Gasteiger partial charge in [-0.15, -0.1) is 0 Å². The largest absolute Gasteiger partial charge is 0.298 e. The lowest BCUT2D eigenvalue weighted by atomic mass is 10.0. The number of hydrogen-bond acceptors (Lipinski definition) is 4. The summed E-state index contributed by atoms with van der Waals surface area (Å²) in [5, 5.41) is 22.1. The topological polar surface area (TPSA) is 79.0 Å². The summed E-state index contributed by atoms with van der Waals surface area (Å²) in [5.74, 6) is 0. The van der Waals surface area contributed by atoms with E-state index in [0.717, 1.165) is 5.56 Å². The van der Waals surface area contributed by atoms with Crippen LogP contribution in [0.2, 0.25) is 0 Å². The molecule has 16 heavy (non-hydrogen) atoms. The van der Waals surface area contributed by atoms with Gasteiger partial charge in [0.2, 0.25) is 0 Å². The lowest BCUT2D eigenvalue weighted by Gasteiger charge is -2.11. The summed E-state index contributed by atoms with van der Waals surface area (Å²) in [7, 11) is 0. The average molecular weight is 219 g/mol. The van der Waals surface area contributed by atoms with Crippen LogP contribution in [0, 0.1) is 28.4 Å². The van der Waals surface area contributed by atoms with E-state index in [-0.39, 0.29) is 18.3 Å². The number of nitrogens with zero attached hydrogens (tertiary/aromatic N) is 2. The molecule has 5 nitrogen and oxygen atoms in total. The van der Waals surface area contributed by atoms with E-state index in [2.05, 4.69) is 5.32 Å². The van der Waals surface area contributed by atoms with Gasteiger partial charge in [-0.1, -0.05) is 12.1 Å². The van der Waals surface area contributed by atoms with Crippen LogP contribution in [0.4, 0.5) is 5.69 Å². The van der Waals surface area contributed by atoms with E-state index in [9.17, 15) is 10.1 Å². The van der Waals surface area contributed by atoms with Crippen molar-refractivity contribution < 1.29 is 4.92 Å². The van der Waals surface area contributed by atoms with Crippen LogP contribution in [-0.2, 0) is 0 Å². The Morgan fingerprint density at radius 1 is 1.62 bits per heavy atom. The van der Waals surface area contributed by atoms with Crippen molar-refractivity contribution in [2.75, 3.05) is 6.54 Å². The first-order valence-electron chi connectivity index (χ1n) is 4.91. The smallest absolute Gasteiger partial charge is 0.272 e. The quantitative estimate of drug-likeness (QED) is 0.477. The third-order valence-corrected chi connectivity index (χ3v) is 2.42. The second-order valence-corrected chi connectivity index (χ2v) is 3.56. The van der Waals surface area contributed by atoms with Gasteiger partial charge < -0.3 is 0 Å². The van der Waals surface area contributed by atoms with Crippen LogP contribution in [0.25, 0.3) is 0 Å². The first-order chi connectivity index (χ1) is 7.56. The van der Waals surface area contributed by atoms with Crippen molar-refractivity contribution in [1.82, 2.24) is 5.32 Å². The number of rotatable bonds is 4. The zero-order chi connectivity index (χ0) is 12.1. The van der Waals surface area contributed by atoms with Crippen molar-refractivity contribution in [3.8, 4) is 6.07 Å². The zero-order valence-corrected chi connectivity index (χ0v) is 9.23. The maximum absolute atomic E-state index is 10.7. The van der Waals surface area contributed by atoms with Crippen LogP contribution in [0.15, 0.2) is 18.2 Å². The van der Waals surface area contributed by atoms with Gasteiger partial charge in [-0.2, -0.15) is 5.26 Å². The molecule has 0 saturated heterocycles. The second kappa shape index (κ2) is 5.24. The van der Waals surface area contributed by atoms with Gasteiger partial charge in [-0.25, -0.2) is 0 Å². The van der Waals surface area contributed by atoms with Crippen LogP contribution in [0.1, 0.15) is 24.1 Å². The number of aryl methyl sites for hydroxylation is 1. The van der Waals surface area contributed by atoms with Crippen molar-refractivity contribution in [2.45, 2.75) is 19.9 Å². The minimum absolute atomic E-state index is 0.0704. The highest BCUT2D eigenvalue weighted by Gasteiger charge is 2.13. The Morgan fingerprint density at radius 3 is 2.88 bits per heavy atom. The molecular weight excluding hydrogens is 206 g/mol. The fourth-order valence-corrected chi connectivity index (χ4v) is 1.41. The molecule has 1 atom stereocenters. The molecule has 84 valence electrons. The molecule has 0 spiro atoms. The average Bonchev–Trinajstić information content (AvgIpc) is 2.26. The van der Waals surface area contributed by atoms with Gasteiger partial charge in [0, 0.05) is 17.7 Å². The molecule has 0 radical (unpaired) electrons. The number of nitro groups is 1. The van der Waals surface area contributed by atoms with Gasteiger partial charge in [0.15, 0.2) is 0 Å². The van der Waals surface area contributed by atoms with E-state index < -0.39 is 4.92 Å². The van der Waals surface area contributed by atoms with Crippen molar-refractivity contribution in [3.63, 3.8) is 0 Å². The minimum atomic E-state index is -0.393. The molecule has 0 amide bonds. The summed E-state index contributed by atoms with van der Waals surface area (Å²) in [6.45, 7) is 3.80. The van der Waals surface area contributed by atoms with E-state index in [1.165, 1.54) is 0 Å². The molecule has 1 N–H and O–H groups in total. The third kappa shape index (κ3) is 2.78. The number of hydrogen-bond donors (Lipinski definition) is 1. The first-order valence-corrected chi connectivity index (χ1v) is 4.91.